The number of halogens is 1. The van der Waals surface area contributed by atoms with Crippen molar-refractivity contribution >= 4 is 24.4 Å². The molecule has 0 fully saturated rings. The largest absolute Gasteiger partial charge is 0.497 e. The molecule has 20 heavy (non-hydrogen) atoms. The Hall–Kier alpha value is -1.72. The maximum absolute atomic E-state index is 11.9. The molecule has 110 valence electrons. The molecule has 0 aliphatic carbocycles. The Labute approximate surface area is 124 Å². The second kappa shape index (κ2) is 7.77. The minimum Gasteiger partial charge on any atom is -0.497 e. The SMILES string of the molecule is COc1ccc2c(c1)C=C(C(=O)NCCCN)CO2.Cl. The zero-order valence-electron chi connectivity index (χ0n) is 11.3. The van der Waals surface area contributed by atoms with Crippen LogP contribution in [-0.4, -0.2) is 32.7 Å². The van der Waals surface area contributed by atoms with Gasteiger partial charge in [-0.25, -0.2) is 0 Å². The van der Waals surface area contributed by atoms with Crippen molar-refractivity contribution in [2.75, 3.05) is 26.8 Å². The minimum absolute atomic E-state index is 0. The summed E-state index contributed by atoms with van der Waals surface area (Å²) in [6.07, 6.45) is 2.60. The van der Waals surface area contributed by atoms with Crippen LogP contribution in [0.5, 0.6) is 11.5 Å². The van der Waals surface area contributed by atoms with E-state index in [4.69, 9.17) is 15.2 Å². The van der Waals surface area contributed by atoms with Crippen LogP contribution in [0.25, 0.3) is 6.08 Å². The highest BCUT2D eigenvalue weighted by Crippen LogP contribution is 2.29. The van der Waals surface area contributed by atoms with E-state index in [0.717, 1.165) is 23.5 Å². The lowest BCUT2D eigenvalue weighted by atomic mass is 10.1. The van der Waals surface area contributed by atoms with Crippen LogP contribution in [-0.2, 0) is 4.79 Å². The van der Waals surface area contributed by atoms with Crippen LogP contribution >= 0.6 is 12.4 Å². The van der Waals surface area contributed by atoms with E-state index >= 15 is 0 Å². The Morgan fingerprint density at radius 1 is 1.50 bits per heavy atom. The van der Waals surface area contributed by atoms with Crippen LogP contribution in [0.3, 0.4) is 0 Å². The summed E-state index contributed by atoms with van der Waals surface area (Å²) in [5, 5.41) is 2.81. The number of amides is 1. The van der Waals surface area contributed by atoms with E-state index < -0.39 is 0 Å². The summed E-state index contributed by atoms with van der Waals surface area (Å²) in [7, 11) is 1.61. The van der Waals surface area contributed by atoms with E-state index in [1.54, 1.807) is 7.11 Å². The zero-order valence-corrected chi connectivity index (χ0v) is 12.2. The van der Waals surface area contributed by atoms with Crippen LogP contribution in [0.2, 0.25) is 0 Å². The first kappa shape index (κ1) is 16.3. The number of methoxy groups -OCH3 is 1. The van der Waals surface area contributed by atoms with Gasteiger partial charge in [0, 0.05) is 12.1 Å². The summed E-state index contributed by atoms with van der Waals surface area (Å²) < 4.78 is 10.7. The third-order valence-corrected chi connectivity index (χ3v) is 2.89. The average Bonchev–Trinajstić information content (AvgIpc) is 2.46. The number of nitrogens with two attached hydrogens (primary N) is 1. The molecule has 0 spiro atoms. The molecule has 1 aromatic carbocycles. The molecule has 0 atom stereocenters. The molecule has 0 unspecified atom stereocenters. The van der Waals surface area contributed by atoms with Crippen LogP contribution in [0.4, 0.5) is 0 Å². The average molecular weight is 299 g/mol. The van der Waals surface area contributed by atoms with Crippen molar-refractivity contribution in [2.45, 2.75) is 6.42 Å². The molecule has 3 N–H and O–H groups in total. The second-order valence-corrected chi connectivity index (χ2v) is 4.26. The fourth-order valence-corrected chi connectivity index (χ4v) is 1.83. The molecule has 1 aliphatic heterocycles. The third kappa shape index (κ3) is 3.88. The van der Waals surface area contributed by atoms with E-state index in [9.17, 15) is 4.79 Å². The fraction of sp³-hybridized carbons (Fsp3) is 0.357. The number of hydrogen-bond donors (Lipinski definition) is 2. The summed E-state index contributed by atoms with van der Waals surface area (Å²) in [5.41, 5.74) is 6.85. The molecule has 6 heteroatoms. The normalized spacial score (nSPS) is 12.4. The third-order valence-electron chi connectivity index (χ3n) is 2.89. The maximum atomic E-state index is 11.9. The van der Waals surface area contributed by atoms with Gasteiger partial charge in [0.25, 0.3) is 5.91 Å². The number of rotatable bonds is 5. The van der Waals surface area contributed by atoms with Gasteiger partial charge in [0.05, 0.1) is 12.7 Å². The van der Waals surface area contributed by atoms with Crippen LogP contribution in [0.15, 0.2) is 23.8 Å². The lowest BCUT2D eigenvalue weighted by Gasteiger charge is -2.18. The number of fused-ring (bicyclic) bond motifs is 1. The first-order chi connectivity index (χ1) is 9.24. The topological polar surface area (TPSA) is 73.6 Å². The number of carbonyl (C=O) groups is 1. The highest BCUT2D eigenvalue weighted by Gasteiger charge is 2.17. The molecule has 1 amide bonds. The summed E-state index contributed by atoms with van der Waals surface area (Å²) in [4.78, 5) is 11.9. The highest BCUT2D eigenvalue weighted by molar-refractivity contribution is 5.99. The van der Waals surface area contributed by atoms with Gasteiger partial charge in [-0.05, 0) is 37.2 Å². The van der Waals surface area contributed by atoms with Gasteiger partial charge in [-0.3, -0.25) is 4.79 Å². The van der Waals surface area contributed by atoms with E-state index in [-0.39, 0.29) is 24.9 Å². The van der Waals surface area contributed by atoms with Crippen molar-refractivity contribution in [3.05, 3.63) is 29.3 Å². The Bertz CT molecular complexity index is 503. The lowest BCUT2D eigenvalue weighted by Crippen LogP contribution is -2.30. The quantitative estimate of drug-likeness (QED) is 0.805. The van der Waals surface area contributed by atoms with Crippen molar-refractivity contribution in [1.29, 1.82) is 0 Å². The Morgan fingerprint density at radius 3 is 3.00 bits per heavy atom. The van der Waals surface area contributed by atoms with Gasteiger partial charge < -0.3 is 20.5 Å². The molecule has 1 aliphatic rings. The van der Waals surface area contributed by atoms with Crippen molar-refractivity contribution in [2.24, 2.45) is 5.73 Å². The number of carbonyl (C=O) groups excluding carboxylic acids is 1. The number of hydrogen-bond acceptors (Lipinski definition) is 4. The monoisotopic (exact) mass is 298 g/mol. The van der Waals surface area contributed by atoms with Crippen molar-refractivity contribution in [1.82, 2.24) is 5.32 Å². The van der Waals surface area contributed by atoms with E-state index in [0.29, 0.717) is 18.7 Å². The van der Waals surface area contributed by atoms with Gasteiger partial charge in [-0.15, -0.1) is 12.4 Å². The fourth-order valence-electron chi connectivity index (χ4n) is 1.83. The molecule has 5 nitrogen and oxygen atoms in total. The van der Waals surface area contributed by atoms with Gasteiger partial charge in [0.2, 0.25) is 0 Å². The molecular weight excluding hydrogens is 280 g/mol. The molecule has 1 heterocycles. The molecule has 2 rings (SSSR count). The summed E-state index contributed by atoms with van der Waals surface area (Å²) in [6.45, 7) is 1.43. The second-order valence-electron chi connectivity index (χ2n) is 4.26. The molecule has 0 saturated carbocycles. The Morgan fingerprint density at radius 2 is 2.30 bits per heavy atom. The number of nitrogens with one attached hydrogen (secondary N) is 1. The van der Waals surface area contributed by atoms with Crippen molar-refractivity contribution in [3.8, 4) is 11.5 Å². The van der Waals surface area contributed by atoms with E-state index in [1.807, 2.05) is 24.3 Å². The smallest absolute Gasteiger partial charge is 0.250 e. The zero-order chi connectivity index (χ0) is 13.7. The molecule has 0 radical (unpaired) electrons. The predicted molar refractivity (Wildman–Crippen MR) is 80.4 cm³/mol. The minimum atomic E-state index is -0.109. The van der Waals surface area contributed by atoms with Crippen molar-refractivity contribution in [3.63, 3.8) is 0 Å². The molecule has 0 saturated heterocycles. The van der Waals surface area contributed by atoms with Crippen molar-refractivity contribution < 1.29 is 14.3 Å². The van der Waals surface area contributed by atoms with Gasteiger partial charge in [0.15, 0.2) is 0 Å². The van der Waals surface area contributed by atoms with Gasteiger partial charge in [-0.1, -0.05) is 0 Å². The summed E-state index contributed by atoms with van der Waals surface area (Å²) in [6, 6.07) is 5.52. The highest BCUT2D eigenvalue weighted by atomic mass is 35.5. The molecular formula is C14H19ClN2O3. The first-order valence-corrected chi connectivity index (χ1v) is 6.24. The van der Waals surface area contributed by atoms with Gasteiger partial charge in [0.1, 0.15) is 18.1 Å². The Kier molecular flexibility index (Phi) is 6.35. The van der Waals surface area contributed by atoms with E-state index in [2.05, 4.69) is 5.32 Å². The van der Waals surface area contributed by atoms with Gasteiger partial charge in [-0.2, -0.15) is 0 Å². The molecule has 1 aromatic rings. The lowest BCUT2D eigenvalue weighted by molar-refractivity contribution is -0.117. The van der Waals surface area contributed by atoms with Crippen LogP contribution in [0.1, 0.15) is 12.0 Å². The molecule has 0 bridgehead atoms. The number of ether oxygens (including phenoxy) is 2. The Balaban J connectivity index is 0.00000200. The predicted octanol–water partition coefficient (Wildman–Crippen LogP) is 1.36. The van der Waals surface area contributed by atoms with Crippen LogP contribution < -0.4 is 20.5 Å². The first-order valence-electron chi connectivity index (χ1n) is 6.24. The summed E-state index contributed by atoms with van der Waals surface area (Å²) in [5.74, 6) is 1.39. The summed E-state index contributed by atoms with van der Waals surface area (Å²) >= 11 is 0. The standard InChI is InChI=1S/C14H18N2O3.ClH/c1-18-12-3-4-13-10(8-12)7-11(9-19-13)14(17)16-6-2-5-15;/h3-4,7-8H,2,5-6,9,15H2,1H3,(H,16,17);1H. The maximum Gasteiger partial charge on any atom is 0.250 e. The molecule has 0 aromatic heterocycles. The number of benzene rings is 1. The van der Waals surface area contributed by atoms with Gasteiger partial charge >= 0.3 is 0 Å². The van der Waals surface area contributed by atoms with Crippen LogP contribution in [0, 0.1) is 0 Å². The van der Waals surface area contributed by atoms with E-state index in [1.165, 1.54) is 0 Å².